The number of rotatable bonds is 3. The summed E-state index contributed by atoms with van der Waals surface area (Å²) in [5.74, 6) is 0. The Morgan fingerprint density at radius 3 is 2.48 bits per heavy atom. The molecular formula is C17H15N3O. The fourth-order valence-corrected chi connectivity index (χ4v) is 2.21. The van der Waals surface area contributed by atoms with Crippen molar-refractivity contribution >= 4 is 0 Å². The fraction of sp³-hybridized carbons (Fsp3) is 0.118. The number of hydrogen-bond acceptors (Lipinski definition) is 3. The molecule has 0 aliphatic rings. The van der Waals surface area contributed by atoms with Gasteiger partial charge in [-0.1, -0.05) is 36.4 Å². The Labute approximate surface area is 122 Å². The molecule has 0 amide bonds. The maximum atomic E-state index is 12.2. The molecule has 0 unspecified atom stereocenters. The Hall–Kier alpha value is -2.75. The van der Waals surface area contributed by atoms with Gasteiger partial charge in [-0.3, -0.25) is 9.78 Å². The molecule has 4 nitrogen and oxygen atoms in total. The molecular weight excluding hydrogens is 262 g/mol. The van der Waals surface area contributed by atoms with E-state index in [0.29, 0.717) is 17.9 Å². The van der Waals surface area contributed by atoms with Crippen LogP contribution in [0.5, 0.6) is 0 Å². The van der Waals surface area contributed by atoms with Gasteiger partial charge < -0.3 is 4.57 Å². The third-order valence-electron chi connectivity index (χ3n) is 3.26. The van der Waals surface area contributed by atoms with Crippen LogP contribution in [0, 0.1) is 6.92 Å². The van der Waals surface area contributed by atoms with E-state index >= 15 is 0 Å². The molecule has 1 aromatic carbocycles. The van der Waals surface area contributed by atoms with Gasteiger partial charge in [0, 0.05) is 12.4 Å². The van der Waals surface area contributed by atoms with Crippen LogP contribution in [0.4, 0.5) is 0 Å². The van der Waals surface area contributed by atoms with Crippen LogP contribution in [-0.4, -0.2) is 14.5 Å². The van der Waals surface area contributed by atoms with Crippen molar-refractivity contribution in [3.05, 3.63) is 82.5 Å². The third-order valence-corrected chi connectivity index (χ3v) is 3.26. The summed E-state index contributed by atoms with van der Waals surface area (Å²) >= 11 is 0. The summed E-state index contributed by atoms with van der Waals surface area (Å²) < 4.78 is 1.68. The van der Waals surface area contributed by atoms with Crippen molar-refractivity contribution in [1.29, 1.82) is 0 Å². The van der Waals surface area contributed by atoms with Gasteiger partial charge in [0.25, 0.3) is 5.56 Å². The zero-order valence-corrected chi connectivity index (χ0v) is 11.7. The first-order valence-electron chi connectivity index (χ1n) is 6.77. The summed E-state index contributed by atoms with van der Waals surface area (Å²) in [6, 6.07) is 15.6. The Morgan fingerprint density at radius 2 is 1.76 bits per heavy atom. The number of aryl methyl sites for hydroxylation is 1. The monoisotopic (exact) mass is 277 g/mol. The van der Waals surface area contributed by atoms with Crippen LogP contribution >= 0.6 is 0 Å². The number of aromatic nitrogens is 3. The molecule has 0 aliphatic carbocycles. The molecule has 0 radical (unpaired) electrons. The maximum Gasteiger partial charge on any atom is 0.272 e. The van der Waals surface area contributed by atoms with E-state index in [1.807, 2.05) is 48.5 Å². The van der Waals surface area contributed by atoms with Crippen molar-refractivity contribution < 1.29 is 0 Å². The molecule has 0 bridgehead atoms. The zero-order chi connectivity index (χ0) is 14.7. The highest BCUT2D eigenvalue weighted by atomic mass is 16.1. The molecule has 21 heavy (non-hydrogen) atoms. The average Bonchev–Trinajstić information content (AvgIpc) is 2.53. The number of benzene rings is 1. The molecule has 4 heteroatoms. The Kier molecular flexibility index (Phi) is 3.60. The average molecular weight is 277 g/mol. The zero-order valence-electron chi connectivity index (χ0n) is 11.7. The van der Waals surface area contributed by atoms with E-state index in [2.05, 4.69) is 9.97 Å². The minimum Gasteiger partial charge on any atom is -0.307 e. The Bertz CT molecular complexity index is 795. The lowest BCUT2D eigenvalue weighted by Gasteiger charge is -2.09. The second kappa shape index (κ2) is 5.71. The van der Waals surface area contributed by atoms with Crippen LogP contribution in [0.3, 0.4) is 0 Å². The van der Waals surface area contributed by atoms with Crippen molar-refractivity contribution in [2.24, 2.45) is 0 Å². The van der Waals surface area contributed by atoms with Gasteiger partial charge in [-0.05, 0) is 24.6 Å². The highest BCUT2D eigenvalue weighted by Crippen LogP contribution is 2.12. The molecule has 3 rings (SSSR count). The molecule has 0 N–H and O–H groups in total. The number of pyridine rings is 1. The largest absolute Gasteiger partial charge is 0.307 e. The molecule has 104 valence electrons. The molecule has 2 aromatic heterocycles. The molecule has 0 saturated carbocycles. The molecule has 3 aromatic rings. The van der Waals surface area contributed by atoms with E-state index in [1.165, 1.54) is 0 Å². The number of hydrogen-bond donors (Lipinski definition) is 0. The summed E-state index contributed by atoms with van der Waals surface area (Å²) in [7, 11) is 0. The van der Waals surface area contributed by atoms with Crippen LogP contribution in [0.15, 0.2) is 65.7 Å². The lowest BCUT2D eigenvalue weighted by Crippen LogP contribution is -2.24. The van der Waals surface area contributed by atoms with Gasteiger partial charge >= 0.3 is 0 Å². The van der Waals surface area contributed by atoms with Crippen molar-refractivity contribution in [2.75, 3.05) is 0 Å². The Morgan fingerprint density at radius 1 is 1.00 bits per heavy atom. The quantitative estimate of drug-likeness (QED) is 0.739. The van der Waals surface area contributed by atoms with E-state index in [4.69, 9.17) is 0 Å². The van der Waals surface area contributed by atoms with Gasteiger partial charge in [-0.2, -0.15) is 0 Å². The van der Waals surface area contributed by atoms with Crippen molar-refractivity contribution in [3.8, 4) is 11.4 Å². The normalized spacial score (nSPS) is 10.5. The van der Waals surface area contributed by atoms with E-state index in [-0.39, 0.29) is 5.56 Å². The molecule has 0 saturated heterocycles. The van der Waals surface area contributed by atoms with Crippen LogP contribution in [0.25, 0.3) is 11.4 Å². The maximum absolute atomic E-state index is 12.2. The second-order valence-corrected chi connectivity index (χ2v) is 4.85. The van der Waals surface area contributed by atoms with Crippen LogP contribution in [0.2, 0.25) is 0 Å². The fourth-order valence-electron chi connectivity index (χ4n) is 2.21. The smallest absolute Gasteiger partial charge is 0.272 e. The summed E-state index contributed by atoms with van der Waals surface area (Å²) in [6.45, 7) is 2.26. The molecule has 2 heterocycles. The van der Waals surface area contributed by atoms with Crippen molar-refractivity contribution in [2.45, 2.75) is 13.5 Å². The summed E-state index contributed by atoms with van der Waals surface area (Å²) in [5, 5.41) is 0. The topological polar surface area (TPSA) is 47.8 Å². The SMILES string of the molecule is Cc1nc(-c2ccccn2)cn(Cc2ccccc2)c1=O. The standard InChI is InChI=1S/C17H15N3O/c1-13-17(21)20(11-14-7-3-2-4-8-14)12-16(19-13)15-9-5-6-10-18-15/h2-10,12H,11H2,1H3. The van der Waals surface area contributed by atoms with E-state index in [9.17, 15) is 4.79 Å². The van der Waals surface area contributed by atoms with Crippen molar-refractivity contribution in [1.82, 2.24) is 14.5 Å². The number of nitrogens with zero attached hydrogens (tertiary/aromatic N) is 3. The van der Waals surface area contributed by atoms with Gasteiger partial charge in [-0.25, -0.2) is 4.98 Å². The third kappa shape index (κ3) is 2.89. The van der Waals surface area contributed by atoms with Gasteiger partial charge in [-0.15, -0.1) is 0 Å². The first-order valence-corrected chi connectivity index (χ1v) is 6.77. The highest BCUT2D eigenvalue weighted by Gasteiger charge is 2.08. The van der Waals surface area contributed by atoms with Gasteiger partial charge in [0.15, 0.2) is 0 Å². The summed E-state index contributed by atoms with van der Waals surface area (Å²) in [4.78, 5) is 20.9. The van der Waals surface area contributed by atoms with Gasteiger partial charge in [0.1, 0.15) is 11.4 Å². The summed E-state index contributed by atoms with van der Waals surface area (Å²) in [5.41, 5.74) is 2.97. The van der Waals surface area contributed by atoms with Crippen LogP contribution in [0.1, 0.15) is 11.3 Å². The van der Waals surface area contributed by atoms with Crippen molar-refractivity contribution in [3.63, 3.8) is 0 Å². The van der Waals surface area contributed by atoms with Crippen LogP contribution < -0.4 is 5.56 Å². The first kappa shape index (κ1) is 13.2. The minimum absolute atomic E-state index is 0.0708. The lowest BCUT2D eigenvalue weighted by atomic mass is 10.2. The van der Waals surface area contributed by atoms with Gasteiger partial charge in [0.2, 0.25) is 0 Å². The van der Waals surface area contributed by atoms with Gasteiger partial charge in [0.05, 0.1) is 12.2 Å². The first-order chi connectivity index (χ1) is 10.2. The van der Waals surface area contributed by atoms with E-state index in [1.54, 1.807) is 23.9 Å². The Balaban J connectivity index is 2.05. The highest BCUT2D eigenvalue weighted by molar-refractivity contribution is 5.52. The van der Waals surface area contributed by atoms with E-state index < -0.39 is 0 Å². The molecule has 0 fully saturated rings. The predicted molar refractivity (Wildman–Crippen MR) is 82.0 cm³/mol. The lowest BCUT2D eigenvalue weighted by molar-refractivity contribution is 0.739. The molecule has 0 aliphatic heterocycles. The van der Waals surface area contributed by atoms with Crippen LogP contribution in [-0.2, 0) is 6.54 Å². The second-order valence-electron chi connectivity index (χ2n) is 4.85. The van der Waals surface area contributed by atoms with E-state index in [0.717, 1.165) is 11.3 Å². The molecule has 0 spiro atoms. The predicted octanol–water partition coefficient (Wildman–Crippen LogP) is 2.66. The summed E-state index contributed by atoms with van der Waals surface area (Å²) in [6.07, 6.45) is 3.49. The molecule has 0 atom stereocenters. The minimum atomic E-state index is -0.0708.